The van der Waals surface area contributed by atoms with Crippen molar-refractivity contribution in [2.75, 3.05) is 0 Å². The zero-order valence-corrected chi connectivity index (χ0v) is 11.1. The SMILES string of the molecule is Cc1ccc(C2CC(C)(C)NC2(C)C)cc1. The molecule has 1 heteroatoms. The van der Waals surface area contributed by atoms with Crippen LogP contribution in [0, 0.1) is 6.92 Å². The highest BCUT2D eigenvalue weighted by molar-refractivity contribution is 5.29. The molecule has 0 amide bonds. The highest BCUT2D eigenvalue weighted by atomic mass is 15.1. The zero-order valence-electron chi connectivity index (χ0n) is 11.1. The summed E-state index contributed by atoms with van der Waals surface area (Å²) in [4.78, 5) is 0. The Morgan fingerprint density at radius 3 is 2.06 bits per heavy atom. The molecule has 0 bridgehead atoms. The Morgan fingerprint density at radius 2 is 1.62 bits per heavy atom. The predicted octanol–water partition coefficient (Wildman–Crippen LogP) is 3.63. The number of aryl methyl sites for hydroxylation is 1. The van der Waals surface area contributed by atoms with E-state index in [1.807, 2.05) is 0 Å². The maximum absolute atomic E-state index is 3.73. The van der Waals surface area contributed by atoms with Crippen LogP contribution in [0.3, 0.4) is 0 Å². The summed E-state index contributed by atoms with van der Waals surface area (Å²) in [5.74, 6) is 0.614. The molecule has 1 unspecified atom stereocenters. The molecule has 1 nitrogen and oxygen atoms in total. The fraction of sp³-hybridized carbons (Fsp3) is 0.600. The first-order valence-corrected chi connectivity index (χ1v) is 6.16. The minimum Gasteiger partial charge on any atom is -0.306 e. The second kappa shape index (κ2) is 3.59. The molecule has 1 aliphatic heterocycles. The molecule has 1 aromatic carbocycles. The number of hydrogen-bond donors (Lipinski definition) is 1. The average molecular weight is 217 g/mol. The van der Waals surface area contributed by atoms with Crippen LogP contribution in [0.5, 0.6) is 0 Å². The molecule has 0 aliphatic carbocycles. The maximum atomic E-state index is 3.73. The lowest BCUT2D eigenvalue weighted by Gasteiger charge is -2.28. The quantitative estimate of drug-likeness (QED) is 0.757. The van der Waals surface area contributed by atoms with Gasteiger partial charge < -0.3 is 5.32 Å². The Bertz CT molecular complexity index is 373. The van der Waals surface area contributed by atoms with E-state index in [1.165, 1.54) is 17.5 Å². The van der Waals surface area contributed by atoms with Gasteiger partial charge in [0.25, 0.3) is 0 Å². The van der Waals surface area contributed by atoms with Crippen LogP contribution in [-0.2, 0) is 0 Å². The van der Waals surface area contributed by atoms with Crippen molar-refractivity contribution in [2.24, 2.45) is 0 Å². The summed E-state index contributed by atoms with van der Waals surface area (Å²) >= 11 is 0. The van der Waals surface area contributed by atoms with Crippen molar-refractivity contribution >= 4 is 0 Å². The predicted molar refractivity (Wildman–Crippen MR) is 69.8 cm³/mol. The first-order valence-electron chi connectivity index (χ1n) is 6.16. The molecule has 1 saturated heterocycles. The highest BCUT2D eigenvalue weighted by Crippen LogP contribution is 2.42. The van der Waals surface area contributed by atoms with Crippen molar-refractivity contribution in [3.05, 3.63) is 35.4 Å². The zero-order chi connectivity index (χ0) is 12.0. The topological polar surface area (TPSA) is 12.0 Å². The van der Waals surface area contributed by atoms with Crippen LogP contribution in [0.25, 0.3) is 0 Å². The number of hydrogen-bond acceptors (Lipinski definition) is 1. The van der Waals surface area contributed by atoms with Gasteiger partial charge in [-0.2, -0.15) is 0 Å². The first kappa shape index (κ1) is 11.7. The van der Waals surface area contributed by atoms with E-state index in [2.05, 4.69) is 64.2 Å². The van der Waals surface area contributed by atoms with Crippen LogP contribution in [0.1, 0.15) is 51.2 Å². The minimum absolute atomic E-state index is 0.193. The van der Waals surface area contributed by atoms with E-state index in [4.69, 9.17) is 0 Å². The van der Waals surface area contributed by atoms with Crippen LogP contribution >= 0.6 is 0 Å². The Kier molecular flexibility index (Phi) is 2.62. The molecule has 1 aromatic rings. The summed E-state index contributed by atoms with van der Waals surface area (Å²) in [7, 11) is 0. The van der Waals surface area contributed by atoms with E-state index in [-0.39, 0.29) is 11.1 Å². The summed E-state index contributed by atoms with van der Waals surface area (Å²) in [5, 5.41) is 3.73. The smallest absolute Gasteiger partial charge is 0.0199 e. The van der Waals surface area contributed by atoms with E-state index >= 15 is 0 Å². The molecule has 16 heavy (non-hydrogen) atoms. The summed E-state index contributed by atoms with van der Waals surface area (Å²) in [6.07, 6.45) is 1.21. The van der Waals surface area contributed by atoms with Crippen LogP contribution in [-0.4, -0.2) is 11.1 Å². The lowest BCUT2D eigenvalue weighted by molar-refractivity contribution is 0.358. The summed E-state index contributed by atoms with van der Waals surface area (Å²) in [6.45, 7) is 11.4. The lowest BCUT2D eigenvalue weighted by Crippen LogP contribution is -2.44. The average Bonchev–Trinajstić information content (AvgIpc) is 2.35. The van der Waals surface area contributed by atoms with Crippen LogP contribution in [0.15, 0.2) is 24.3 Å². The van der Waals surface area contributed by atoms with E-state index < -0.39 is 0 Å². The fourth-order valence-corrected chi connectivity index (χ4v) is 3.11. The molecule has 1 aliphatic rings. The molecule has 0 spiro atoms. The van der Waals surface area contributed by atoms with Gasteiger partial charge in [0, 0.05) is 17.0 Å². The number of nitrogens with one attached hydrogen (secondary N) is 1. The van der Waals surface area contributed by atoms with E-state index in [9.17, 15) is 0 Å². The van der Waals surface area contributed by atoms with Gasteiger partial charge in [0.05, 0.1) is 0 Å². The van der Waals surface area contributed by atoms with Gasteiger partial charge in [-0.25, -0.2) is 0 Å². The van der Waals surface area contributed by atoms with Gasteiger partial charge in [0.2, 0.25) is 0 Å². The van der Waals surface area contributed by atoms with Crippen molar-refractivity contribution in [3.63, 3.8) is 0 Å². The van der Waals surface area contributed by atoms with Crippen molar-refractivity contribution in [1.82, 2.24) is 5.32 Å². The van der Waals surface area contributed by atoms with Crippen molar-refractivity contribution in [2.45, 2.75) is 58.0 Å². The van der Waals surface area contributed by atoms with Crippen LogP contribution < -0.4 is 5.32 Å². The van der Waals surface area contributed by atoms with Gasteiger partial charge in [-0.3, -0.25) is 0 Å². The van der Waals surface area contributed by atoms with Crippen LogP contribution in [0.4, 0.5) is 0 Å². The van der Waals surface area contributed by atoms with Crippen LogP contribution in [0.2, 0.25) is 0 Å². The summed E-state index contributed by atoms with van der Waals surface area (Å²) in [6, 6.07) is 9.00. The Hall–Kier alpha value is -0.820. The van der Waals surface area contributed by atoms with Gasteiger partial charge in [-0.1, -0.05) is 29.8 Å². The molecular formula is C15H23N. The third kappa shape index (κ3) is 2.15. The third-order valence-corrected chi connectivity index (χ3v) is 3.73. The molecule has 0 aromatic heterocycles. The van der Waals surface area contributed by atoms with E-state index in [0.717, 1.165) is 0 Å². The third-order valence-electron chi connectivity index (χ3n) is 3.73. The van der Waals surface area contributed by atoms with Gasteiger partial charge in [-0.15, -0.1) is 0 Å². The second-order valence-electron chi connectivity index (χ2n) is 6.40. The monoisotopic (exact) mass is 217 g/mol. The molecule has 1 heterocycles. The standard InChI is InChI=1S/C15H23N/c1-11-6-8-12(9-7-11)13-10-14(2,3)16-15(13,4)5/h6-9,13,16H,10H2,1-5H3. The number of rotatable bonds is 1. The second-order valence-corrected chi connectivity index (χ2v) is 6.40. The van der Waals surface area contributed by atoms with Gasteiger partial charge in [0.15, 0.2) is 0 Å². The molecule has 0 radical (unpaired) electrons. The van der Waals surface area contributed by atoms with Crippen molar-refractivity contribution < 1.29 is 0 Å². The summed E-state index contributed by atoms with van der Waals surface area (Å²) in [5.41, 5.74) is 3.25. The van der Waals surface area contributed by atoms with Gasteiger partial charge >= 0.3 is 0 Å². The highest BCUT2D eigenvalue weighted by Gasteiger charge is 2.44. The van der Waals surface area contributed by atoms with Gasteiger partial charge in [-0.05, 0) is 46.6 Å². The van der Waals surface area contributed by atoms with E-state index in [1.54, 1.807) is 0 Å². The summed E-state index contributed by atoms with van der Waals surface area (Å²) < 4.78 is 0. The van der Waals surface area contributed by atoms with E-state index in [0.29, 0.717) is 5.92 Å². The first-order chi connectivity index (χ1) is 7.30. The lowest BCUT2D eigenvalue weighted by atomic mass is 9.81. The van der Waals surface area contributed by atoms with Gasteiger partial charge in [0.1, 0.15) is 0 Å². The largest absolute Gasteiger partial charge is 0.306 e. The Balaban J connectivity index is 2.31. The fourth-order valence-electron chi connectivity index (χ4n) is 3.11. The molecule has 1 atom stereocenters. The normalized spacial score (nSPS) is 26.9. The Labute approximate surface area is 99.3 Å². The van der Waals surface area contributed by atoms with Crippen molar-refractivity contribution in [1.29, 1.82) is 0 Å². The maximum Gasteiger partial charge on any atom is 0.0199 e. The minimum atomic E-state index is 0.193. The molecule has 1 fully saturated rings. The molecule has 2 rings (SSSR count). The van der Waals surface area contributed by atoms with Crippen molar-refractivity contribution in [3.8, 4) is 0 Å². The molecule has 1 N–H and O–H groups in total. The Morgan fingerprint density at radius 1 is 1.06 bits per heavy atom. The molecule has 0 saturated carbocycles. The molecular weight excluding hydrogens is 194 g/mol. The molecule has 88 valence electrons. The number of benzene rings is 1.